The summed E-state index contributed by atoms with van der Waals surface area (Å²) in [5, 5.41) is 11.4. The molecular weight excluding hydrogens is 224 g/mol. The second-order valence-electron chi connectivity index (χ2n) is 3.63. The van der Waals surface area contributed by atoms with Gasteiger partial charge in [-0.2, -0.15) is 0 Å². The van der Waals surface area contributed by atoms with E-state index < -0.39 is 5.97 Å². The number of nitrogens with zero attached hydrogens (tertiary/aromatic N) is 2. The van der Waals surface area contributed by atoms with Crippen molar-refractivity contribution in [1.82, 2.24) is 4.98 Å². The number of aromatic nitrogens is 1. The minimum Gasteiger partial charge on any atom is -0.481 e. The van der Waals surface area contributed by atoms with E-state index in [0.717, 1.165) is 31.1 Å². The number of unbranched alkanes of at least 4 members (excludes halogenated alkanes) is 1. The van der Waals surface area contributed by atoms with Crippen LogP contribution < -0.4 is 4.90 Å². The Morgan fingerprint density at radius 2 is 2.31 bits per heavy atom. The highest BCUT2D eigenvalue weighted by molar-refractivity contribution is 7.13. The van der Waals surface area contributed by atoms with Gasteiger partial charge in [-0.3, -0.25) is 4.79 Å². The van der Waals surface area contributed by atoms with Crippen molar-refractivity contribution >= 4 is 22.4 Å². The van der Waals surface area contributed by atoms with Gasteiger partial charge in [-0.25, -0.2) is 4.98 Å². The summed E-state index contributed by atoms with van der Waals surface area (Å²) in [5.41, 5.74) is 0.655. The van der Waals surface area contributed by atoms with Crippen molar-refractivity contribution in [2.45, 2.75) is 33.1 Å². The number of aliphatic carboxylic acids is 1. The molecule has 1 heterocycles. The predicted octanol–water partition coefficient (Wildman–Crippen LogP) is 2.40. The zero-order valence-electron chi connectivity index (χ0n) is 9.77. The van der Waals surface area contributed by atoms with E-state index in [1.54, 1.807) is 0 Å². The number of carbonyl (C=O) groups is 1. The highest BCUT2D eigenvalue weighted by Crippen LogP contribution is 2.21. The summed E-state index contributed by atoms with van der Waals surface area (Å²) in [4.78, 5) is 17.1. The molecule has 0 saturated heterocycles. The summed E-state index contributed by atoms with van der Waals surface area (Å²) in [6.07, 6.45) is 2.31. The number of rotatable bonds is 7. The van der Waals surface area contributed by atoms with E-state index in [9.17, 15) is 4.79 Å². The molecule has 1 N–H and O–H groups in total. The van der Waals surface area contributed by atoms with Crippen molar-refractivity contribution < 1.29 is 9.90 Å². The lowest BCUT2D eigenvalue weighted by atomic mass is 10.3. The summed E-state index contributed by atoms with van der Waals surface area (Å²) in [6.45, 7) is 6.16. The second kappa shape index (κ2) is 6.48. The van der Waals surface area contributed by atoms with Crippen LogP contribution in [0.1, 0.15) is 32.4 Å². The lowest BCUT2D eigenvalue weighted by molar-refractivity contribution is -0.136. The molecule has 0 radical (unpaired) electrons. The third-order valence-corrected chi connectivity index (χ3v) is 3.26. The SMILES string of the molecule is CCCCN(CC)c1nc(CC(=O)O)cs1. The molecule has 0 spiro atoms. The molecule has 0 aromatic carbocycles. The molecule has 4 nitrogen and oxygen atoms in total. The van der Waals surface area contributed by atoms with Crippen LogP contribution >= 0.6 is 11.3 Å². The van der Waals surface area contributed by atoms with Crippen molar-refractivity contribution in [1.29, 1.82) is 0 Å². The normalized spacial score (nSPS) is 10.4. The predicted molar refractivity (Wildman–Crippen MR) is 66.2 cm³/mol. The molecule has 90 valence electrons. The lowest BCUT2D eigenvalue weighted by Crippen LogP contribution is -2.23. The van der Waals surface area contributed by atoms with E-state index in [1.807, 2.05) is 5.38 Å². The first-order valence-corrected chi connectivity index (χ1v) is 6.46. The Labute approximate surface area is 99.9 Å². The molecule has 0 bridgehead atoms. The molecule has 0 amide bonds. The Morgan fingerprint density at radius 3 is 2.88 bits per heavy atom. The number of carboxylic acids is 1. The van der Waals surface area contributed by atoms with E-state index in [1.165, 1.54) is 11.3 Å². The molecule has 5 heteroatoms. The van der Waals surface area contributed by atoms with Crippen LogP contribution in [-0.2, 0) is 11.2 Å². The van der Waals surface area contributed by atoms with Gasteiger partial charge in [0.15, 0.2) is 5.13 Å². The summed E-state index contributed by atoms with van der Waals surface area (Å²) < 4.78 is 0. The third kappa shape index (κ3) is 3.81. The van der Waals surface area contributed by atoms with E-state index in [2.05, 4.69) is 23.7 Å². The maximum absolute atomic E-state index is 10.5. The Bertz CT molecular complexity index is 338. The van der Waals surface area contributed by atoms with E-state index in [0.29, 0.717) is 5.69 Å². The molecule has 0 aliphatic rings. The van der Waals surface area contributed by atoms with Crippen LogP contribution in [0.2, 0.25) is 0 Å². The molecule has 1 aromatic heterocycles. The zero-order valence-corrected chi connectivity index (χ0v) is 10.6. The summed E-state index contributed by atoms with van der Waals surface area (Å²) in [7, 11) is 0. The van der Waals surface area contributed by atoms with Gasteiger partial charge in [0.2, 0.25) is 0 Å². The minimum absolute atomic E-state index is 0.0157. The van der Waals surface area contributed by atoms with Gasteiger partial charge in [0.25, 0.3) is 0 Å². The standard InChI is InChI=1S/C11H18N2O2S/c1-3-5-6-13(4-2)11-12-9(8-16-11)7-10(14)15/h8H,3-7H2,1-2H3,(H,14,15). The first-order chi connectivity index (χ1) is 7.67. The maximum atomic E-state index is 10.5. The van der Waals surface area contributed by atoms with Crippen molar-refractivity contribution in [3.63, 3.8) is 0 Å². The molecule has 1 rings (SSSR count). The maximum Gasteiger partial charge on any atom is 0.309 e. The van der Waals surface area contributed by atoms with E-state index >= 15 is 0 Å². The van der Waals surface area contributed by atoms with Crippen LogP contribution in [0.5, 0.6) is 0 Å². The van der Waals surface area contributed by atoms with Crippen LogP contribution in [0.15, 0.2) is 5.38 Å². The molecule has 0 atom stereocenters. The lowest BCUT2D eigenvalue weighted by Gasteiger charge is -2.18. The largest absolute Gasteiger partial charge is 0.481 e. The van der Waals surface area contributed by atoms with Gasteiger partial charge in [0.1, 0.15) is 0 Å². The molecule has 1 aromatic rings. The molecule has 16 heavy (non-hydrogen) atoms. The molecule has 0 unspecified atom stereocenters. The Hall–Kier alpha value is -1.10. The third-order valence-electron chi connectivity index (χ3n) is 2.31. The number of anilines is 1. The Kier molecular flexibility index (Phi) is 5.25. The van der Waals surface area contributed by atoms with Gasteiger partial charge >= 0.3 is 5.97 Å². The van der Waals surface area contributed by atoms with Gasteiger partial charge in [-0.05, 0) is 13.3 Å². The Balaban J connectivity index is 2.62. The van der Waals surface area contributed by atoms with Crippen molar-refractivity contribution in [2.75, 3.05) is 18.0 Å². The van der Waals surface area contributed by atoms with Crippen LogP contribution in [0, 0.1) is 0 Å². The molecule has 0 saturated carbocycles. The first kappa shape index (κ1) is 13.0. The molecular formula is C11H18N2O2S. The van der Waals surface area contributed by atoms with Crippen molar-refractivity contribution in [3.8, 4) is 0 Å². The fourth-order valence-electron chi connectivity index (χ4n) is 1.42. The number of carboxylic acid groups (broad SMARTS) is 1. The van der Waals surface area contributed by atoms with E-state index in [-0.39, 0.29) is 6.42 Å². The first-order valence-electron chi connectivity index (χ1n) is 5.58. The molecule has 0 aliphatic carbocycles. The molecule has 0 fully saturated rings. The smallest absolute Gasteiger partial charge is 0.309 e. The summed E-state index contributed by atoms with van der Waals surface area (Å²) in [6, 6.07) is 0. The van der Waals surface area contributed by atoms with Gasteiger partial charge in [-0.1, -0.05) is 13.3 Å². The fourth-order valence-corrected chi connectivity index (χ4v) is 2.33. The Morgan fingerprint density at radius 1 is 1.56 bits per heavy atom. The van der Waals surface area contributed by atoms with Gasteiger partial charge in [0, 0.05) is 18.5 Å². The average Bonchev–Trinajstić information content (AvgIpc) is 2.67. The van der Waals surface area contributed by atoms with Crippen LogP contribution in [-0.4, -0.2) is 29.1 Å². The number of hydrogen-bond donors (Lipinski definition) is 1. The van der Waals surface area contributed by atoms with Gasteiger partial charge in [-0.15, -0.1) is 11.3 Å². The van der Waals surface area contributed by atoms with E-state index in [4.69, 9.17) is 5.11 Å². The quantitative estimate of drug-likeness (QED) is 0.797. The van der Waals surface area contributed by atoms with Crippen LogP contribution in [0.4, 0.5) is 5.13 Å². The molecule has 0 aliphatic heterocycles. The monoisotopic (exact) mass is 242 g/mol. The van der Waals surface area contributed by atoms with Crippen molar-refractivity contribution in [2.24, 2.45) is 0 Å². The van der Waals surface area contributed by atoms with Gasteiger partial charge in [0.05, 0.1) is 12.1 Å². The summed E-state index contributed by atoms with van der Waals surface area (Å²) >= 11 is 1.53. The van der Waals surface area contributed by atoms with Crippen molar-refractivity contribution in [3.05, 3.63) is 11.1 Å². The minimum atomic E-state index is -0.826. The van der Waals surface area contributed by atoms with Gasteiger partial charge < -0.3 is 10.0 Å². The highest BCUT2D eigenvalue weighted by atomic mass is 32.1. The second-order valence-corrected chi connectivity index (χ2v) is 4.46. The topological polar surface area (TPSA) is 53.4 Å². The number of hydrogen-bond acceptors (Lipinski definition) is 4. The van der Waals surface area contributed by atoms with Crippen LogP contribution in [0.25, 0.3) is 0 Å². The van der Waals surface area contributed by atoms with Crippen LogP contribution in [0.3, 0.4) is 0 Å². The number of thiazole rings is 1. The highest BCUT2D eigenvalue weighted by Gasteiger charge is 2.10. The fraction of sp³-hybridized carbons (Fsp3) is 0.636. The average molecular weight is 242 g/mol. The zero-order chi connectivity index (χ0) is 12.0. The summed E-state index contributed by atoms with van der Waals surface area (Å²) in [5.74, 6) is -0.826.